The minimum atomic E-state index is -0.409. The Labute approximate surface area is 172 Å². The number of aromatic nitrogens is 1. The van der Waals surface area contributed by atoms with Crippen LogP contribution in [0.15, 0.2) is 35.9 Å². The van der Waals surface area contributed by atoms with Crippen LogP contribution in [0.4, 0.5) is 0 Å². The van der Waals surface area contributed by atoms with Gasteiger partial charge in [0.2, 0.25) is 0 Å². The predicted molar refractivity (Wildman–Crippen MR) is 114 cm³/mol. The van der Waals surface area contributed by atoms with Crippen LogP contribution in [0.25, 0.3) is 6.08 Å². The van der Waals surface area contributed by atoms with Crippen molar-refractivity contribution in [2.45, 2.75) is 40.3 Å². The van der Waals surface area contributed by atoms with Crippen molar-refractivity contribution in [2.75, 3.05) is 20.3 Å². The van der Waals surface area contributed by atoms with Gasteiger partial charge in [0.1, 0.15) is 17.4 Å². The fraction of sp³-hybridized carbons (Fsp3) is 0.391. The Bertz CT molecular complexity index is 922. The van der Waals surface area contributed by atoms with E-state index in [1.165, 1.54) is 0 Å². The smallest absolute Gasteiger partial charge is 0.262 e. The van der Waals surface area contributed by atoms with E-state index in [4.69, 9.17) is 9.47 Å². The highest BCUT2D eigenvalue weighted by Gasteiger charge is 2.16. The summed E-state index contributed by atoms with van der Waals surface area (Å²) in [6.45, 7) is 9.40. The first kappa shape index (κ1) is 22.3. The monoisotopic (exact) mass is 395 g/mol. The number of rotatable bonds is 9. The summed E-state index contributed by atoms with van der Waals surface area (Å²) in [6.07, 6.45) is 1.64. The molecule has 0 spiro atoms. The van der Waals surface area contributed by atoms with Gasteiger partial charge in [0.15, 0.2) is 0 Å². The Kier molecular flexibility index (Phi) is 8.05. The average molecular weight is 396 g/mol. The first-order valence-corrected chi connectivity index (χ1v) is 9.70. The molecule has 0 saturated carbocycles. The van der Waals surface area contributed by atoms with Gasteiger partial charge in [0.25, 0.3) is 5.91 Å². The van der Waals surface area contributed by atoms with Crippen LogP contribution in [-0.2, 0) is 16.1 Å². The third kappa shape index (κ3) is 5.49. The number of methoxy groups -OCH3 is 1. The molecule has 29 heavy (non-hydrogen) atoms. The van der Waals surface area contributed by atoms with Crippen molar-refractivity contribution in [2.24, 2.45) is 0 Å². The molecule has 2 aromatic rings. The number of nitrogens with one attached hydrogen (secondary N) is 1. The van der Waals surface area contributed by atoms with Gasteiger partial charge in [0, 0.05) is 30.6 Å². The second-order valence-electron chi connectivity index (χ2n) is 6.89. The van der Waals surface area contributed by atoms with Gasteiger partial charge < -0.3 is 19.4 Å². The first-order chi connectivity index (χ1) is 13.9. The summed E-state index contributed by atoms with van der Waals surface area (Å²) in [5, 5.41) is 12.3. The Morgan fingerprint density at radius 2 is 2.07 bits per heavy atom. The lowest BCUT2D eigenvalue weighted by Crippen LogP contribution is -2.24. The lowest BCUT2D eigenvalue weighted by atomic mass is 10.1. The van der Waals surface area contributed by atoms with Crippen molar-refractivity contribution in [3.8, 4) is 11.8 Å². The van der Waals surface area contributed by atoms with Gasteiger partial charge in [-0.25, -0.2) is 0 Å². The molecule has 1 aromatic carbocycles. The maximum atomic E-state index is 12.6. The maximum absolute atomic E-state index is 12.6. The third-order valence-electron chi connectivity index (χ3n) is 4.75. The Morgan fingerprint density at radius 1 is 1.34 bits per heavy atom. The number of ether oxygens (including phenoxy) is 2. The van der Waals surface area contributed by atoms with Gasteiger partial charge in [0.05, 0.1) is 19.3 Å². The highest BCUT2D eigenvalue weighted by atomic mass is 16.5. The van der Waals surface area contributed by atoms with Crippen LogP contribution in [0, 0.1) is 25.2 Å². The molecule has 0 saturated heterocycles. The molecular weight excluding hydrogens is 366 g/mol. The zero-order chi connectivity index (χ0) is 21.4. The number of amides is 1. The standard InChI is InChI=1S/C23H29N3O3/c1-6-29-22-10-8-7-9-19(22)14-25-23(27)21(13-24)12-20-11-16(2)26(18(20)4)17(3)15-28-5/h7-12,17H,6,14-15H2,1-5H3,(H,25,27)/b21-12-. The van der Waals surface area contributed by atoms with Crippen LogP contribution in [-0.4, -0.2) is 30.8 Å². The number of hydrogen-bond acceptors (Lipinski definition) is 4. The van der Waals surface area contributed by atoms with Crippen LogP contribution in [0.5, 0.6) is 5.75 Å². The quantitative estimate of drug-likeness (QED) is 0.515. The maximum Gasteiger partial charge on any atom is 0.262 e. The van der Waals surface area contributed by atoms with E-state index < -0.39 is 5.91 Å². The molecule has 0 aliphatic carbocycles. The number of benzene rings is 1. The Hall–Kier alpha value is -3.04. The van der Waals surface area contributed by atoms with Gasteiger partial charge in [-0.15, -0.1) is 0 Å². The van der Waals surface area contributed by atoms with Crippen molar-refractivity contribution in [3.05, 3.63) is 58.4 Å². The van der Waals surface area contributed by atoms with E-state index in [1.54, 1.807) is 13.2 Å². The molecule has 0 bridgehead atoms. The van der Waals surface area contributed by atoms with Crippen LogP contribution in [0.1, 0.15) is 42.4 Å². The molecule has 0 aliphatic rings. The Morgan fingerprint density at radius 3 is 2.72 bits per heavy atom. The highest BCUT2D eigenvalue weighted by Crippen LogP contribution is 2.23. The molecule has 6 nitrogen and oxygen atoms in total. The molecule has 1 N–H and O–H groups in total. The van der Waals surface area contributed by atoms with Crippen molar-refractivity contribution in [1.29, 1.82) is 5.26 Å². The largest absolute Gasteiger partial charge is 0.494 e. The molecule has 154 valence electrons. The SMILES string of the molecule is CCOc1ccccc1CNC(=O)/C(C#N)=C\c1cc(C)n(C(C)COC)c1C. The van der Waals surface area contributed by atoms with Crippen LogP contribution < -0.4 is 10.1 Å². The normalized spacial score (nSPS) is 12.3. The van der Waals surface area contributed by atoms with E-state index in [2.05, 4.69) is 16.8 Å². The molecule has 2 rings (SSSR count). The lowest BCUT2D eigenvalue weighted by molar-refractivity contribution is -0.117. The lowest BCUT2D eigenvalue weighted by Gasteiger charge is -2.17. The van der Waals surface area contributed by atoms with E-state index in [0.717, 1.165) is 28.3 Å². The number of carbonyl (C=O) groups is 1. The molecule has 1 atom stereocenters. The number of nitrogens with zero attached hydrogens (tertiary/aromatic N) is 2. The summed E-state index contributed by atoms with van der Waals surface area (Å²) in [5.74, 6) is 0.321. The van der Waals surface area contributed by atoms with E-state index in [0.29, 0.717) is 13.2 Å². The number of carbonyl (C=O) groups excluding carboxylic acids is 1. The molecular formula is C23H29N3O3. The van der Waals surface area contributed by atoms with Gasteiger partial charge >= 0.3 is 0 Å². The van der Waals surface area contributed by atoms with Crippen LogP contribution >= 0.6 is 0 Å². The van der Waals surface area contributed by atoms with E-state index in [9.17, 15) is 10.1 Å². The van der Waals surface area contributed by atoms with Crippen molar-refractivity contribution >= 4 is 12.0 Å². The predicted octanol–water partition coefficient (Wildman–Crippen LogP) is 3.93. The molecule has 1 amide bonds. The topological polar surface area (TPSA) is 76.3 Å². The molecule has 0 fully saturated rings. The zero-order valence-electron chi connectivity index (χ0n) is 17.8. The highest BCUT2D eigenvalue weighted by molar-refractivity contribution is 6.01. The van der Waals surface area contributed by atoms with Crippen molar-refractivity contribution in [1.82, 2.24) is 9.88 Å². The molecule has 6 heteroatoms. The van der Waals surface area contributed by atoms with Crippen molar-refractivity contribution in [3.63, 3.8) is 0 Å². The summed E-state index contributed by atoms with van der Waals surface area (Å²) < 4.78 is 13.0. The van der Waals surface area contributed by atoms with E-state index in [-0.39, 0.29) is 18.2 Å². The van der Waals surface area contributed by atoms with Crippen LogP contribution in [0.3, 0.4) is 0 Å². The molecule has 1 heterocycles. The first-order valence-electron chi connectivity index (χ1n) is 9.70. The Balaban J connectivity index is 2.19. The second-order valence-corrected chi connectivity index (χ2v) is 6.89. The van der Waals surface area contributed by atoms with Gasteiger partial charge in [-0.3, -0.25) is 4.79 Å². The second kappa shape index (κ2) is 10.5. The third-order valence-corrected chi connectivity index (χ3v) is 4.75. The average Bonchev–Trinajstić information content (AvgIpc) is 2.98. The molecule has 0 aliphatic heterocycles. The number of hydrogen-bond donors (Lipinski definition) is 1. The van der Waals surface area contributed by atoms with Gasteiger partial charge in [-0.05, 0) is 51.5 Å². The number of nitriles is 1. The van der Waals surface area contributed by atoms with Crippen LogP contribution in [0.2, 0.25) is 0 Å². The molecule has 1 aromatic heterocycles. The summed E-state index contributed by atoms with van der Waals surface area (Å²) >= 11 is 0. The minimum Gasteiger partial charge on any atom is -0.494 e. The van der Waals surface area contributed by atoms with E-state index in [1.807, 2.05) is 57.2 Å². The summed E-state index contributed by atoms with van der Waals surface area (Å²) in [4.78, 5) is 12.6. The fourth-order valence-electron chi connectivity index (χ4n) is 3.46. The van der Waals surface area contributed by atoms with Crippen molar-refractivity contribution < 1.29 is 14.3 Å². The van der Waals surface area contributed by atoms with Gasteiger partial charge in [-0.1, -0.05) is 18.2 Å². The molecule has 1 unspecified atom stereocenters. The van der Waals surface area contributed by atoms with Gasteiger partial charge in [-0.2, -0.15) is 5.26 Å². The fourth-order valence-corrected chi connectivity index (χ4v) is 3.46. The number of para-hydroxylation sites is 1. The summed E-state index contributed by atoms with van der Waals surface area (Å²) in [6, 6.07) is 11.7. The zero-order valence-corrected chi connectivity index (χ0v) is 17.8. The van der Waals surface area contributed by atoms with E-state index >= 15 is 0 Å². The molecule has 0 radical (unpaired) electrons. The summed E-state index contributed by atoms with van der Waals surface area (Å²) in [5.41, 5.74) is 3.84. The number of aryl methyl sites for hydroxylation is 1. The summed E-state index contributed by atoms with van der Waals surface area (Å²) in [7, 11) is 1.67. The minimum absolute atomic E-state index is 0.0681.